The van der Waals surface area contributed by atoms with Crippen LogP contribution in [0, 0.1) is 0 Å². The second-order valence-corrected chi connectivity index (χ2v) is 5.90. The van der Waals surface area contributed by atoms with E-state index in [1.54, 1.807) is 12.1 Å². The van der Waals surface area contributed by atoms with Gasteiger partial charge in [-0.25, -0.2) is 4.79 Å². The van der Waals surface area contributed by atoms with E-state index in [-0.39, 0.29) is 12.0 Å². The van der Waals surface area contributed by atoms with Gasteiger partial charge in [-0.15, -0.1) is 0 Å². The second kappa shape index (κ2) is 7.94. The average Bonchev–Trinajstić information content (AvgIpc) is 2.45. The standard InChI is InChI=1S/C17H25NO4/c1-5-10-17(4,16(20)21)18-15(19)14-8-6-13(7-9-14)11-22-12(2)3/h6-9,12H,5,10-11H2,1-4H3,(H,18,19)(H,20,21). The zero-order chi connectivity index (χ0) is 16.8. The molecule has 0 aliphatic rings. The summed E-state index contributed by atoms with van der Waals surface area (Å²) >= 11 is 0. The van der Waals surface area contributed by atoms with Gasteiger partial charge in [0.2, 0.25) is 0 Å². The highest BCUT2D eigenvalue weighted by Gasteiger charge is 2.33. The van der Waals surface area contributed by atoms with Crippen molar-refractivity contribution in [3.8, 4) is 0 Å². The number of carbonyl (C=O) groups is 2. The lowest BCUT2D eigenvalue weighted by Gasteiger charge is -2.25. The average molecular weight is 307 g/mol. The van der Waals surface area contributed by atoms with Gasteiger partial charge in [0.15, 0.2) is 0 Å². The Hall–Kier alpha value is -1.88. The molecule has 22 heavy (non-hydrogen) atoms. The van der Waals surface area contributed by atoms with Crippen LogP contribution in [0.2, 0.25) is 0 Å². The summed E-state index contributed by atoms with van der Waals surface area (Å²) in [5, 5.41) is 11.9. The smallest absolute Gasteiger partial charge is 0.329 e. The van der Waals surface area contributed by atoms with Crippen molar-refractivity contribution in [2.45, 2.75) is 58.8 Å². The first-order valence-electron chi connectivity index (χ1n) is 7.55. The summed E-state index contributed by atoms with van der Waals surface area (Å²) in [5.74, 6) is -1.40. The lowest BCUT2D eigenvalue weighted by molar-refractivity contribution is -0.144. The van der Waals surface area contributed by atoms with Crippen LogP contribution in [0.5, 0.6) is 0 Å². The van der Waals surface area contributed by atoms with Gasteiger partial charge in [0.1, 0.15) is 5.54 Å². The van der Waals surface area contributed by atoms with Gasteiger partial charge in [-0.2, -0.15) is 0 Å². The monoisotopic (exact) mass is 307 g/mol. The molecule has 0 saturated carbocycles. The lowest BCUT2D eigenvalue weighted by Crippen LogP contribution is -2.52. The van der Waals surface area contributed by atoms with Crippen LogP contribution in [0.25, 0.3) is 0 Å². The Morgan fingerprint density at radius 3 is 2.32 bits per heavy atom. The van der Waals surface area contributed by atoms with Gasteiger partial charge in [-0.3, -0.25) is 4.79 Å². The molecule has 0 spiro atoms. The van der Waals surface area contributed by atoms with E-state index in [0.717, 1.165) is 5.56 Å². The predicted octanol–water partition coefficient (Wildman–Crippen LogP) is 2.98. The van der Waals surface area contributed by atoms with Gasteiger partial charge < -0.3 is 15.2 Å². The normalized spacial score (nSPS) is 13.7. The number of hydrogen-bond acceptors (Lipinski definition) is 3. The van der Waals surface area contributed by atoms with Crippen molar-refractivity contribution >= 4 is 11.9 Å². The van der Waals surface area contributed by atoms with Crippen LogP contribution in [0.15, 0.2) is 24.3 Å². The highest BCUT2D eigenvalue weighted by atomic mass is 16.5. The Bertz CT molecular complexity index is 510. The first kappa shape index (κ1) is 18.2. The van der Waals surface area contributed by atoms with Crippen LogP contribution < -0.4 is 5.32 Å². The topological polar surface area (TPSA) is 75.6 Å². The SMILES string of the molecule is CCCC(C)(NC(=O)c1ccc(COC(C)C)cc1)C(=O)O. The van der Waals surface area contributed by atoms with Crippen molar-refractivity contribution in [1.29, 1.82) is 0 Å². The summed E-state index contributed by atoms with van der Waals surface area (Å²) in [5.41, 5.74) is 0.169. The minimum atomic E-state index is -1.24. The zero-order valence-electron chi connectivity index (χ0n) is 13.7. The summed E-state index contributed by atoms with van der Waals surface area (Å²) in [4.78, 5) is 23.6. The van der Waals surface area contributed by atoms with E-state index in [9.17, 15) is 14.7 Å². The first-order valence-corrected chi connectivity index (χ1v) is 7.55. The molecule has 2 N–H and O–H groups in total. The van der Waals surface area contributed by atoms with Gasteiger partial charge >= 0.3 is 5.97 Å². The predicted molar refractivity (Wildman–Crippen MR) is 84.8 cm³/mol. The van der Waals surface area contributed by atoms with Crippen LogP contribution in [-0.2, 0) is 16.1 Å². The molecule has 1 aromatic carbocycles. The number of nitrogens with one attached hydrogen (secondary N) is 1. The maximum Gasteiger partial charge on any atom is 0.329 e. The molecule has 1 amide bonds. The zero-order valence-corrected chi connectivity index (χ0v) is 13.7. The lowest BCUT2D eigenvalue weighted by atomic mass is 9.95. The van der Waals surface area contributed by atoms with Crippen molar-refractivity contribution in [1.82, 2.24) is 5.32 Å². The van der Waals surface area contributed by atoms with Crippen LogP contribution in [0.3, 0.4) is 0 Å². The van der Waals surface area contributed by atoms with Crippen LogP contribution in [0.4, 0.5) is 0 Å². The quantitative estimate of drug-likeness (QED) is 0.774. The Morgan fingerprint density at radius 2 is 1.86 bits per heavy atom. The number of ether oxygens (including phenoxy) is 1. The number of aliphatic carboxylic acids is 1. The van der Waals surface area contributed by atoms with Crippen LogP contribution in [0.1, 0.15) is 56.5 Å². The van der Waals surface area contributed by atoms with Crippen molar-refractivity contribution in [3.63, 3.8) is 0 Å². The van der Waals surface area contributed by atoms with Gasteiger partial charge in [0.25, 0.3) is 5.91 Å². The minimum Gasteiger partial charge on any atom is -0.480 e. The van der Waals surface area contributed by atoms with Crippen molar-refractivity contribution in [2.75, 3.05) is 0 Å². The number of hydrogen-bond donors (Lipinski definition) is 2. The number of rotatable bonds is 8. The Labute approximate surface area is 131 Å². The van der Waals surface area contributed by atoms with Crippen LogP contribution in [-0.4, -0.2) is 28.6 Å². The summed E-state index contributed by atoms with van der Waals surface area (Å²) in [6.07, 6.45) is 1.21. The van der Waals surface area contributed by atoms with Gasteiger partial charge in [0, 0.05) is 5.56 Å². The largest absolute Gasteiger partial charge is 0.480 e. The van der Waals surface area contributed by atoms with E-state index < -0.39 is 11.5 Å². The van der Waals surface area contributed by atoms with Gasteiger partial charge in [-0.1, -0.05) is 25.5 Å². The van der Waals surface area contributed by atoms with E-state index in [1.807, 2.05) is 32.9 Å². The molecule has 0 radical (unpaired) electrons. The summed E-state index contributed by atoms with van der Waals surface area (Å²) in [7, 11) is 0. The molecule has 0 saturated heterocycles. The van der Waals surface area contributed by atoms with Gasteiger partial charge in [0.05, 0.1) is 12.7 Å². The summed E-state index contributed by atoms with van der Waals surface area (Å²) in [6, 6.07) is 7.00. The molecule has 0 aliphatic carbocycles. The maximum atomic E-state index is 12.2. The molecule has 122 valence electrons. The van der Waals surface area contributed by atoms with Gasteiger partial charge in [-0.05, 0) is 44.9 Å². The molecule has 0 aliphatic heterocycles. The Balaban J connectivity index is 2.75. The van der Waals surface area contributed by atoms with Crippen LogP contribution >= 0.6 is 0 Å². The molecule has 1 unspecified atom stereocenters. The molecule has 5 heteroatoms. The van der Waals surface area contributed by atoms with E-state index >= 15 is 0 Å². The molecule has 1 atom stereocenters. The summed E-state index contributed by atoms with van der Waals surface area (Å²) in [6.45, 7) is 7.82. The minimum absolute atomic E-state index is 0.147. The molecule has 0 aromatic heterocycles. The Morgan fingerprint density at radius 1 is 1.27 bits per heavy atom. The number of amides is 1. The molecule has 0 bridgehead atoms. The number of carbonyl (C=O) groups excluding carboxylic acids is 1. The molecule has 1 aromatic rings. The third-order valence-electron chi connectivity index (χ3n) is 3.41. The maximum absolute atomic E-state index is 12.2. The number of benzene rings is 1. The third kappa shape index (κ3) is 5.15. The Kier molecular flexibility index (Phi) is 6.56. The molecule has 0 fully saturated rings. The van der Waals surface area contributed by atoms with E-state index in [1.165, 1.54) is 6.92 Å². The molecule has 5 nitrogen and oxygen atoms in total. The fourth-order valence-electron chi connectivity index (χ4n) is 2.06. The first-order chi connectivity index (χ1) is 10.3. The fourth-order valence-corrected chi connectivity index (χ4v) is 2.06. The van der Waals surface area contributed by atoms with Crippen molar-refractivity contribution in [3.05, 3.63) is 35.4 Å². The number of carboxylic acid groups (broad SMARTS) is 1. The molecule has 1 rings (SSSR count). The molecule has 0 heterocycles. The van der Waals surface area contributed by atoms with E-state index in [0.29, 0.717) is 25.0 Å². The molecular weight excluding hydrogens is 282 g/mol. The highest BCUT2D eigenvalue weighted by Crippen LogP contribution is 2.15. The fraction of sp³-hybridized carbons (Fsp3) is 0.529. The van der Waals surface area contributed by atoms with Crippen molar-refractivity contribution in [2.24, 2.45) is 0 Å². The highest BCUT2D eigenvalue weighted by molar-refractivity contribution is 5.97. The second-order valence-electron chi connectivity index (χ2n) is 5.90. The number of carboxylic acids is 1. The molecular formula is C17H25NO4. The summed E-state index contributed by atoms with van der Waals surface area (Å²) < 4.78 is 5.49. The third-order valence-corrected chi connectivity index (χ3v) is 3.41. The van der Waals surface area contributed by atoms with Crippen molar-refractivity contribution < 1.29 is 19.4 Å². The van der Waals surface area contributed by atoms with E-state index in [4.69, 9.17) is 4.74 Å². The van der Waals surface area contributed by atoms with E-state index in [2.05, 4.69) is 5.32 Å².